The van der Waals surface area contributed by atoms with Crippen LogP contribution in [-0.2, 0) is 26.2 Å². The van der Waals surface area contributed by atoms with Crippen molar-refractivity contribution < 1.29 is 13.2 Å². The molecule has 1 N–H and O–H groups in total. The highest BCUT2D eigenvalue weighted by Crippen LogP contribution is 2.33. The van der Waals surface area contributed by atoms with Crippen LogP contribution in [0.4, 0.5) is 13.2 Å². The van der Waals surface area contributed by atoms with E-state index < -0.39 is 17.8 Å². The van der Waals surface area contributed by atoms with Gasteiger partial charge in [0.1, 0.15) is 0 Å². The molecule has 4 aromatic rings. The molecule has 4 heterocycles. The molecule has 0 aliphatic heterocycles. The molecule has 0 radical (unpaired) electrons. The van der Waals surface area contributed by atoms with Crippen LogP contribution in [0.1, 0.15) is 73.2 Å². The Labute approximate surface area is 193 Å². The largest absolute Gasteiger partial charge is 0.417 e. The van der Waals surface area contributed by atoms with Crippen LogP contribution in [0.25, 0.3) is 5.65 Å². The maximum atomic E-state index is 13.2. The molecule has 1 unspecified atom stereocenters. The third-order valence-corrected chi connectivity index (χ3v) is 6.45. The molecule has 4 aromatic heterocycles. The first kappa shape index (κ1) is 22.4. The van der Waals surface area contributed by atoms with Gasteiger partial charge in [-0.25, -0.2) is 4.68 Å². The topological polar surface area (TPSA) is 104 Å². The normalized spacial score (nSPS) is 16.0. The van der Waals surface area contributed by atoms with Crippen LogP contribution in [0.2, 0.25) is 0 Å². The summed E-state index contributed by atoms with van der Waals surface area (Å²) in [6, 6.07) is 2.12. The van der Waals surface area contributed by atoms with Gasteiger partial charge in [-0.15, -0.1) is 15.3 Å². The first-order chi connectivity index (χ1) is 16.4. The van der Waals surface area contributed by atoms with E-state index in [0.717, 1.165) is 55.6 Å². The van der Waals surface area contributed by atoms with E-state index in [0.29, 0.717) is 17.3 Å². The van der Waals surface area contributed by atoms with Crippen LogP contribution < -0.4 is 5.32 Å². The van der Waals surface area contributed by atoms with Crippen molar-refractivity contribution in [3.63, 3.8) is 0 Å². The molecule has 1 aliphatic rings. The lowest BCUT2D eigenvalue weighted by atomic mass is 10.0. The molecule has 13 heteroatoms. The Kier molecular flexibility index (Phi) is 5.80. The second-order valence-electron chi connectivity index (χ2n) is 8.52. The lowest BCUT2D eigenvalue weighted by molar-refractivity contribution is -0.137. The SMILES string of the molecule is CCc1c(C(NCc2nnc3ccc(C(F)(F)F)cn23)c2nnnn2C2CCCC2)cnn1C. The van der Waals surface area contributed by atoms with Gasteiger partial charge in [0.2, 0.25) is 0 Å². The minimum Gasteiger partial charge on any atom is -0.296 e. The van der Waals surface area contributed by atoms with Crippen molar-refractivity contribution in [1.82, 2.24) is 49.9 Å². The van der Waals surface area contributed by atoms with E-state index in [1.165, 1.54) is 10.5 Å². The number of fused-ring (bicyclic) bond motifs is 1. The molecule has 1 fully saturated rings. The third kappa shape index (κ3) is 4.04. The zero-order chi connectivity index (χ0) is 23.9. The van der Waals surface area contributed by atoms with Gasteiger partial charge in [-0.2, -0.15) is 18.3 Å². The van der Waals surface area contributed by atoms with Crippen LogP contribution >= 0.6 is 0 Å². The zero-order valence-electron chi connectivity index (χ0n) is 18.9. The van der Waals surface area contributed by atoms with Gasteiger partial charge in [-0.3, -0.25) is 14.4 Å². The van der Waals surface area contributed by atoms with Gasteiger partial charge in [-0.1, -0.05) is 19.8 Å². The minimum absolute atomic E-state index is 0.155. The summed E-state index contributed by atoms with van der Waals surface area (Å²) in [5.41, 5.74) is 1.52. The Bertz CT molecular complexity index is 1280. The standard InChI is InChI=1S/C21H25F3N10/c1-3-16-15(10-26-32(16)2)19(20-29-30-31-34(20)14-6-4-5-7-14)25-11-18-28-27-17-9-8-13(12-33(17)18)21(22,23)24/h8-10,12,14,19,25H,3-7,11H2,1-2H3. The molecule has 0 spiro atoms. The molecule has 10 nitrogen and oxygen atoms in total. The Morgan fingerprint density at radius 3 is 2.68 bits per heavy atom. The molecule has 34 heavy (non-hydrogen) atoms. The van der Waals surface area contributed by atoms with Crippen molar-refractivity contribution in [2.45, 2.75) is 63.8 Å². The van der Waals surface area contributed by atoms with Gasteiger partial charge < -0.3 is 0 Å². The van der Waals surface area contributed by atoms with Crippen LogP contribution in [0, 0.1) is 0 Å². The zero-order valence-corrected chi connectivity index (χ0v) is 18.9. The quantitative estimate of drug-likeness (QED) is 0.439. The molecule has 0 amide bonds. The number of aryl methyl sites for hydroxylation is 1. The molecule has 180 valence electrons. The van der Waals surface area contributed by atoms with Gasteiger partial charge in [0.15, 0.2) is 17.3 Å². The van der Waals surface area contributed by atoms with Crippen LogP contribution in [0.3, 0.4) is 0 Å². The number of alkyl halides is 3. The Balaban J connectivity index is 1.51. The van der Waals surface area contributed by atoms with E-state index in [4.69, 9.17) is 0 Å². The average Bonchev–Trinajstić information content (AvgIpc) is 3.60. The molecular weight excluding hydrogens is 449 g/mol. The highest BCUT2D eigenvalue weighted by atomic mass is 19.4. The second kappa shape index (κ2) is 8.78. The predicted octanol–water partition coefficient (Wildman–Crippen LogP) is 3.02. The van der Waals surface area contributed by atoms with E-state index in [1.807, 2.05) is 23.3 Å². The summed E-state index contributed by atoms with van der Waals surface area (Å²) in [4.78, 5) is 0. The first-order valence-corrected chi connectivity index (χ1v) is 11.3. The van der Waals surface area contributed by atoms with Gasteiger partial charge >= 0.3 is 6.18 Å². The van der Waals surface area contributed by atoms with Crippen LogP contribution in [0.15, 0.2) is 24.5 Å². The van der Waals surface area contributed by atoms with Crippen LogP contribution in [-0.4, -0.2) is 44.6 Å². The molecule has 1 aliphatic carbocycles. The smallest absolute Gasteiger partial charge is 0.296 e. The van der Waals surface area contributed by atoms with Crippen LogP contribution in [0.5, 0.6) is 0 Å². The number of pyridine rings is 1. The van der Waals surface area contributed by atoms with E-state index in [2.05, 4.69) is 36.1 Å². The maximum absolute atomic E-state index is 13.2. The average molecular weight is 474 g/mol. The molecule has 0 saturated heterocycles. The number of nitrogens with one attached hydrogen (secondary N) is 1. The number of rotatable bonds is 7. The van der Waals surface area contributed by atoms with Crippen molar-refractivity contribution in [3.05, 3.63) is 53.0 Å². The molecule has 0 aromatic carbocycles. The van der Waals surface area contributed by atoms with Gasteiger partial charge in [-0.05, 0) is 41.8 Å². The summed E-state index contributed by atoms with van der Waals surface area (Å²) in [5.74, 6) is 1.01. The van der Waals surface area contributed by atoms with Gasteiger partial charge in [0.05, 0.1) is 30.4 Å². The fourth-order valence-corrected chi connectivity index (χ4v) is 4.71. The third-order valence-electron chi connectivity index (χ3n) is 6.45. The van der Waals surface area contributed by atoms with Gasteiger partial charge in [0.25, 0.3) is 0 Å². The number of nitrogens with zero attached hydrogens (tertiary/aromatic N) is 9. The molecular formula is C21H25F3N10. The fraction of sp³-hybridized carbons (Fsp3) is 0.524. The van der Waals surface area contributed by atoms with E-state index in [9.17, 15) is 13.2 Å². The molecule has 5 rings (SSSR count). The summed E-state index contributed by atoms with van der Waals surface area (Å²) < 4.78 is 44.8. The summed E-state index contributed by atoms with van der Waals surface area (Å²) in [5, 5.41) is 28.5. The number of tetrazole rings is 1. The fourth-order valence-electron chi connectivity index (χ4n) is 4.71. The van der Waals surface area contributed by atoms with Gasteiger partial charge in [0, 0.05) is 24.5 Å². The highest BCUT2D eigenvalue weighted by Gasteiger charge is 2.32. The number of halogens is 3. The predicted molar refractivity (Wildman–Crippen MR) is 115 cm³/mol. The minimum atomic E-state index is -4.46. The lowest BCUT2D eigenvalue weighted by Gasteiger charge is -2.20. The summed E-state index contributed by atoms with van der Waals surface area (Å²) in [7, 11) is 1.88. The van der Waals surface area contributed by atoms with E-state index >= 15 is 0 Å². The van der Waals surface area contributed by atoms with Crippen molar-refractivity contribution >= 4 is 5.65 Å². The van der Waals surface area contributed by atoms with Crippen molar-refractivity contribution in [3.8, 4) is 0 Å². The van der Waals surface area contributed by atoms with Crippen molar-refractivity contribution in [1.29, 1.82) is 0 Å². The summed E-state index contributed by atoms with van der Waals surface area (Å²) in [6.07, 6.45) is 3.36. The number of aromatic nitrogens is 9. The Hall–Kier alpha value is -3.35. The first-order valence-electron chi connectivity index (χ1n) is 11.3. The molecule has 0 bridgehead atoms. The maximum Gasteiger partial charge on any atom is 0.417 e. The summed E-state index contributed by atoms with van der Waals surface area (Å²) >= 11 is 0. The summed E-state index contributed by atoms with van der Waals surface area (Å²) in [6.45, 7) is 2.20. The lowest BCUT2D eigenvalue weighted by Crippen LogP contribution is -2.28. The van der Waals surface area contributed by atoms with Crippen molar-refractivity contribution in [2.75, 3.05) is 0 Å². The number of hydrogen-bond donors (Lipinski definition) is 1. The molecule has 1 atom stereocenters. The Morgan fingerprint density at radius 2 is 1.94 bits per heavy atom. The van der Waals surface area contributed by atoms with Crippen molar-refractivity contribution in [2.24, 2.45) is 7.05 Å². The van der Waals surface area contributed by atoms with E-state index in [-0.39, 0.29) is 12.6 Å². The number of hydrogen-bond acceptors (Lipinski definition) is 7. The van der Waals surface area contributed by atoms with E-state index in [1.54, 1.807) is 6.20 Å². The second-order valence-corrected chi connectivity index (χ2v) is 8.52. The molecule has 1 saturated carbocycles. The monoisotopic (exact) mass is 474 g/mol. The Morgan fingerprint density at radius 1 is 1.15 bits per heavy atom. The highest BCUT2D eigenvalue weighted by molar-refractivity contribution is 5.40.